The van der Waals surface area contributed by atoms with Crippen LogP contribution in [0, 0.1) is 11.8 Å². The van der Waals surface area contributed by atoms with Gasteiger partial charge in [0.05, 0.1) is 5.92 Å². The van der Waals surface area contributed by atoms with E-state index < -0.39 is 5.97 Å². The molecular weight excluding hydrogens is 256 g/mol. The molecule has 3 unspecified atom stereocenters. The molecule has 2 rings (SSSR count). The van der Waals surface area contributed by atoms with Gasteiger partial charge in [-0.05, 0) is 38.0 Å². The normalized spacial score (nSPS) is 29.7. The highest BCUT2D eigenvalue weighted by atomic mass is 16.4. The van der Waals surface area contributed by atoms with Crippen LogP contribution in [-0.2, 0) is 4.79 Å². The lowest BCUT2D eigenvalue weighted by Gasteiger charge is -2.29. The molecule has 1 saturated carbocycles. The molecule has 0 bridgehead atoms. The Balaban J connectivity index is 1.74. The van der Waals surface area contributed by atoms with Crippen molar-refractivity contribution in [1.29, 1.82) is 0 Å². The summed E-state index contributed by atoms with van der Waals surface area (Å²) in [5.74, 6) is -0.964. The van der Waals surface area contributed by atoms with E-state index in [4.69, 9.17) is 0 Å². The number of carboxylic acids is 1. The van der Waals surface area contributed by atoms with E-state index in [0.717, 1.165) is 44.9 Å². The molecule has 0 spiro atoms. The molecule has 3 atom stereocenters. The fourth-order valence-electron chi connectivity index (χ4n) is 3.16. The van der Waals surface area contributed by atoms with E-state index in [9.17, 15) is 14.7 Å². The van der Waals surface area contributed by atoms with Crippen molar-refractivity contribution in [2.45, 2.75) is 51.0 Å². The Bertz CT molecular complexity index is 381. The van der Waals surface area contributed by atoms with Gasteiger partial charge in [0.2, 0.25) is 0 Å². The first-order valence-electron chi connectivity index (χ1n) is 7.59. The number of rotatable bonds is 4. The van der Waals surface area contributed by atoms with Gasteiger partial charge in [-0.2, -0.15) is 0 Å². The average Bonchev–Trinajstić information content (AvgIpc) is 2.46. The van der Waals surface area contributed by atoms with Gasteiger partial charge in [-0.25, -0.2) is 4.79 Å². The maximum Gasteiger partial charge on any atom is 0.315 e. The highest BCUT2D eigenvalue weighted by Crippen LogP contribution is 2.29. The molecule has 0 aliphatic heterocycles. The minimum atomic E-state index is -0.727. The van der Waals surface area contributed by atoms with Crippen LogP contribution in [0.15, 0.2) is 12.2 Å². The lowest BCUT2D eigenvalue weighted by atomic mass is 9.79. The van der Waals surface area contributed by atoms with Gasteiger partial charge in [0.25, 0.3) is 0 Å². The second-order valence-corrected chi connectivity index (χ2v) is 5.83. The van der Waals surface area contributed by atoms with Crippen molar-refractivity contribution < 1.29 is 14.7 Å². The van der Waals surface area contributed by atoms with Gasteiger partial charge >= 0.3 is 12.0 Å². The van der Waals surface area contributed by atoms with Crippen LogP contribution in [0.5, 0.6) is 0 Å². The zero-order valence-corrected chi connectivity index (χ0v) is 11.8. The number of nitrogens with one attached hydrogen (secondary N) is 2. The fourth-order valence-corrected chi connectivity index (χ4v) is 3.16. The van der Waals surface area contributed by atoms with E-state index in [0.29, 0.717) is 6.54 Å². The van der Waals surface area contributed by atoms with Crippen LogP contribution >= 0.6 is 0 Å². The van der Waals surface area contributed by atoms with E-state index in [1.54, 1.807) is 0 Å². The second kappa shape index (κ2) is 7.31. The van der Waals surface area contributed by atoms with Crippen LogP contribution in [0.3, 0.4) is 0 Å². The van der Waals surface area contributed by atoms with Gasteiger partial charge in [0.1, 0.15) is 0 Å². The van der Waals surface area contributed by atoms with Crippen molar-refractivity contribution in [2.24, 2.45) is 11.8 Å². The molecule has 0 heterocycles. The van der Waals surface area contributed by atoms with Gasteiger partial charge in [0, 0.05) is 12.6 Å². The first-order valence-corrected chi connectivity index (χ1v) is 7.59. The highest BCUT2D eigenvalue weighted by Gasteiger charge is 2.30. The molecule has 0 radical (unpaired) electrons. The van der Waals surface area contributed by atoms with E-state index in [2.05, 4.69) is 22.8 Å². The monoisotopic (exact) mass is 280 g/mol. The number of hydrogen-bond donors (Lipinski definition) is 3. The van der Waals surface area contributed by atoms with Crippen molar-refractivity contribution in [2.75, 3.05) is 6.54 Å². The number of carbonyl (C=O) groups is 2. The molecule has 0 aromatic rings. The zero-order valence-electron chi connectivity index (χ0n) is 11.8. The Labute approximate surface area is 119 Å². The Kier molecular flexibility index (Phi) is 5.44. The van der Waals surface area contributed by atoms with Crippen LogP contribution in [0.2, 0.25) is 0 Å². The number of aliphatic carboxylic acids is 1. The molecule has 0 aromatic carbocycles. The summed E-state index contributed by atoms with van der Waals surface area (Å²) in [6.45, 7) is 0.464. The van der Waals surface area contributed by atoms with E-state index >= 15 is 0 Å². The fraction of sp³-hybridized carbons (Fsp3) is 0.733. The summed E-state index contributed by atoms with van der Waals surface area (Å²) in [5, 5.41) is 15.0. The van der Waals surface area contributed by atoms with Crippen LogP contribution in [0.4, 0.5) is 4.79 Å². The number of carboxylic acid groups (broad SMARTS) is 1. The van der Waals surface area contributed by atoms with Crippen LogP contribution in [-0.4, -0.2) is 29.7 Å². The summed E-state index contributed by atoms with van der Waals surface area (Å²) in [6, 6.07) is 0.0432. The Morgan fingerprint density at radius 3 is 2.65 bits per heavy atom. The van der Waals surface area contributed by atoms with E-state index in [1.165, 1.54) is 0 Å². The quantitative estimate of drug-likeness (QED) is 0.691. The largest absolute Gasteiger partial charge is 0.481 e. The maximum atomic E-state index is 11.8. The molecule has 3 N–H and O–H groups in total. The standard InChI is InChI=1S/C15H24N2O3/c18-14(19)13-9-5-4-6-11(13)10-16-15(20)17-12-7-2-1-3-8-12/h1-2,11-13H,3-10H2,(H,18,19)(H2,16,17,20). The third kappa shape index (κ3) is 4.25. The predicted molar refractivity (Wildman–Crippen MR) is 76.4 cm³/mol. The number of carbonyl (C=O) groups excluding carboxylic acids is 1. The molecule has 0 saturated heterocycles. The van der Waals surface area contributed by atoms with Crippen molar-refractivity contribution in [3.63, 3.8) is 0 Å². The Morgan fingerprint density at radius 1 is 1.15 bits per heavy atom. The minimum absolute atomic E-state index is 0.0678. The molecule has 2 aliphatic carbocycles. The van der Waals surface area contributed by atoms with E-state index in [-0.39, 0.29) is 23.9 Å². The summed E-state index contributed by atoms with van der Waals surface area (Å²) in [6.07, 6.45) is 10.8. The van der Waals surface area contributed by atoms with Gasteiger partial charge < -0.3 is 15.7 Å². The molecule has 2 amide bonds. The highest BCUT2D eigenvalue weighted by molar-refractivity contribution is 5.74. The number of urea groups is 1. The molecule has 0 aromatic heterocycles. The minimum Gasteiger partial charge on any atom is -0.481 e. The number of hydrogen-bond acceptors (Lipinski definition) is 2. The lowest BCUT2D eigenvalue weighted by Crippen LogP contribution is -2.45. The van der Waals surface area contributed by atoms with Crippen molar-refractivity contribution >= 4 is 12.0 Å². The zero-order chi connectivity index (χ0) is 14.4. The molecule has 1 fully saturated rings. The first-order chi connectivity index (χ1) is 9.66. The molecular formula is C15H24N2O3. The number of allylic oxidation sites excluding steroid dienone is 1. The van der Waals surface area contributed by atoms with Crippen LogP contribution in [0.25, 0.3) is 0 Å². The molecule has 2 aliphatic rings. The van der Waals surface area contributed by atoms with Crippen LogP contribution in [0.1, 0.15) is 44.9 Å². The summed E-state index contributed by atoms with van der Waals surface area (Å²) in [7, 11) is 0. The van der Waals surface area contributed by atoms with Crippen molar-refractivity contribution in [3.8, 4) is 0 Å². The lowest BCUT2D eigenvalue weighted by molar-refractivity contribution is -0.144. The smallest absolute Gasteiger partial charge is 0.315 e. The van der Waals surface area contributed by atoms with Gasteiger partial charge in [-0.3, -0.25) is 4.79 Å². The van der Waals surface area contributed by atoms with Gasteiger partial charge in [0.15, 0.2) is 0 Å². The van der Waals surface area contributed by atoms with E-state index in [1.807, 2.05) is 0 Å². The summed E-state index contributed by atoms with van der Waals surface area (Å²) in [4.78, 5) is 23.0. The molecule has 112 valence electrons. The van der Waals surface area contributed by atoms with Gasteiger partial charge in [-0.15, -0.1) is 0 Å². The van der Waals surface area contributed by atoms with Crippen molar-refractivity contribution in [3.05, 3.63) is 12.2 Å². The topological polar surface area (TPSA) is 78.4 Å². The summed E-state index contributed by atoms with van der Waals surface area (Å²) >= 11 is 0. The third-order valence-corrected chi connectivity index (χ3v) is 4.36. The molecule has 5 heteroatoms. The first kappa shape index (κ1) is 14.9. The third-order valence-electron chi connectivity index (χ3n) is 4.36. The predicted octanol–water partition coefficient (Wildman–Crippen LogP) is 2.29. The maximum absolute atomic E-state index is 11.8. The van der Waals surface area contributed by atoms with Crippen LogP contribution < -0.4 is 10.6 Å². The van der Waals surface area contributed by atoms with Crippen molar-refractivity contribution in [1.82, 2.24) is 10.6 Å². The Hall–Kier alpha value is -1.52. The summed E-state index contributed by atoms with van der Waals surface area (Å²) in [5.41, 5.74) is 0. The van der Waals surface area contributed by atoms with Gasteiger partial charge in [-0.1, -0.05) is 25.0 Å². The second-order valence-electron chi connectivity index (χ2n) is 5.83. The molecule has 5 nitrogen and oxygen atoms in total. The SMILES string of the molecule is O=C(NCC1CCCCC1C(=O)O)NC1CC=CCC1. The summed E-state index contributed by atoms with van der Waals surface area (Å²) < 4.78 is 0. The average molecular weight is 280 g/mol. The number of amides is 2. The Morgan fingerprint density at radius 2 is 1.95 bits per heavy atom. The molecule has 20 heavy (non-hydrogen) atoms.